The Bertz CT molecular complexity index is 948. The third kappa shape index (κ3) is 3.94. The van der Waals surface area contributed by atoms with Gasteiger partial charge in [-0.25, -0.2) is 4.68 Å². The molecule has 8 heteroatoms. The van der Waals surface area contributed by atoms with Crippen LogP contribution in [-0.2, 0) is 0 Å². The number of hydrogen-bond donors (Lipinski definition) is 1. The Hall–Kier alpha value is -3.29. The lowest BCUT2D eigenvalue weighted by Crippen LogP contribution is -2.15. The number of ether oxygens (including phenoxy) is 1. The largest absolute Gasteiger partial charge is 0.435 e. The summed E-state index contributed by atoms with van der Waals surface area (Å²) in [6, 6.07) is 11.7. The topological polar surface area (TPSA) is 69.0 Å². The predicted octanol–water partition coefficient (Wildman–Crippen LogP) is 4.05. The van der Waals surface area contributed by atoms with Crippen molar-refractivity contribution in [1.82, 2.24) is 15.0 Å². The zero-order chi connectivity index (χ0) is 19.6. The van der Waals surface area contributed by atoms with E-state index < -0.39 is 6.61 Å². The molecular weight excluding hydrogens is 354 g/mol. The van der Waals surface area contributed by atoms with E-state index in [0.717, 1.165) is 16.8 Å². The van der Waals surface area contributed by atoms with Gasteiger partial charge in [0.25, 0.3) is 5.91 Å². The highest BCUT2D eigenvalue weighted by molar-refractivity contribution is 6.04. The van der Waals surface area contributed by atoms with E-state index in [1.54, 1.807) is 19.1 Å². The average molecular weight is 372 g/mol. The summed E-state index contributed by atoms with van der Waals surface area (Å²) in [6.07, 6.45) is 0. The first-order valence-electron chi connectivity index (χ1n) is 8.22. The van der Waals surface area contributed by atoms with Gasteiger partial charge in [-0.1, -0.05) is 23.4 Å². The van der Waals surface area contributed by atoms with Crippen LogP contribution in [0.4, 0.5) is 14.5 Å². The second-order valence-electron chi connectivity index (χ2n) is 6.03. The Morgan fingerprint density at radius 2 is 1.70 bits per heavy atom. The molecule has 0 unspecified atom stereocenters. The van der Waals surface area contributed by atoms with Crippen LogP contribution < -0.4 is 10.1 Å². The lowest BCUT2D eigenvalue weighted by Gasteiger charge is -2.10. The highest BCUT2D eigenvalue weighted by Crippen LogP contribution is 2.22. The van der Waals surface area contributed by atoms with Crippen molar-refractivity contribution in [2.45, 2.75) is 27.4 Å². The monoisotopic (exact) mass is 372 g/mol. The number of anilines is 1. The number of halogens is 2. The predicted molar refractivity (Wildman–Crippen MR) is 96.6 cm³/mol. The van der Waals surface area contributed by atoms with Crippen LogP contribution in [0.3, 0.4) is 0 Å². The fourth-order valence-corrected chi connectivity index (χ4v) is 2.74. The highest BCUT2D eigenvalue weighted by atomic mass is 19.3. The minimum atomic E-state index is -2.89. The highest BCUT2D eigenvalue weighted by Gasteiger charge is 2.19. The number of nitrogens with zero attached hydrogens (tertiary/aromatic N) is 3. The van der Waals surface area contributed by atoms with E-state index >= 15 is 0 Å². The minimum Gasteiger partial charge on any atom is -0.435 e. The van der Waals surface area contributed by atoms with Gasteiger partial charge in [0, 0.05) is 5.69 Å². The summed E-state index contributed by atoms with van der Waals surface area (Å²) < 4.78 is 30.3. The van der Waals surface area contributed by atoms with Crippen LogP contribution in [0.2, 0.25) is 0 Å². The third-order valence-electron chi connectivity index (χ3n) is 4.14. The number of carbonyl (C=O) groups excluding carboxylic acids is 1. The molecule has 3 rings (SSSR count). The van der Waals surface area contributed by atoms with E-state index in [2.05, 4.69) is 20.4 Å². The molecule has 0 bridgehead atoms. The van der Waals surface area contributed by atoms with Crippen molar-refractivity contribution in [3.63, 3.8) is 0 Å². The van der Waals surface area contributed by atoms with Crippen LogP contribution >= 0.6 is 0 Å². The lowest BCUT2D eigenvalue weighted by atomic mass is 10.1. The van der Waals surface area contributed by atoms with Crippen LogP contribution in [0.5, 0.6) is 5.75 Å². The minimum absolute atomic E-state index is 0.0412. The van der Waals surface area contributed by atoms with Crippen molar-refractivity contribution in [2.75, 3.05) is 5.32 Å². The normalized spacial score (nSPS) is 10.9. The van der Waals surface area contributed by atoms with Gasteiger partial charge in [0.05, 0.1) is 11.4 Å². The number of alkyl halides is 2. The maximum absolute atomic E-state index is 12.6. The molecule has 140 valence electrons. The Balaban J connectivity index is 1.83. The Morgan fingerprint density at radius 1 is 1.07 bits per heavy atom. The summed E-state index contributed by atoms with van der Waals surface area (Å²) in [5.74, 6) is -0.326. The molecule has 1 N–H and O–H groups in total. The molecule has 2 aromatic carbocycles. The molecule has 0 aliphatic heterocycles. The summed E-state index contributed by atoms with van der Waals surface area (Å²) in [5.41, 5.74) is 3.93. The van der Waals surface area contributed by atoms with Gasteiger partial charge in [0.1, 0.15) is 5.75 Å². The quantitative estimate of drug-likeness (QED) is 0.734. The maximum Gasteiger partial charge on any atom is 0.387 e. The molecule has 1 heterocycles. The Morgan fingerprint density at radius 3 is 2.30 bits per heavy atom. The van der Waals surface area contributed by atoms with Gasteiger partial charge < -0.3 is 10.1 Å². The van der Waals surface area contributed by atoms with Gasteiger partial charge in [-0.15, -0.1) is 5.10 Å². The molecule has 1 aromatic heterocycles. The zero-order valence-electron chi connectivity index (χ0n) is 15.0. The van der Waals surface area contributed by atoms with Gasteiger partial charge in [0.15, 0.2) is 5.69 Å². The fraction of sp³-hybridized carbons (Fsp3) is 0.211. The number of rotatable bonds is 5. The first kappa shape index (κ1) is 18.5. The molecule has 6 nitrogen and oxygen atoms in total. The standard InChI is InChI=1S/C19H18F2N4O2/c1-11-5-4-6-12(2)16(11)22-18(26)17-13(3)25(24-23-17)14-7-9-15(10-8-14)27-19(20)21/h4-10,19H,1-3H3,(H,22,26). The molecule has 0 saturated heterocycles. The smallest absolute Gasteiger partial charge is 0.387 e. The SMILES string of the molecule is Cc1cccc(C)c1NC(=O)c1nnn(-c2ccc(OC(F)F)cc2)c1C. The van der Waals surface area contributed by atoms with E-state index in [9.17, 15) is 13.6 Å². The van der Waals surface area contributed by atoms with Gasteiger partial charge in [-0.2, -0.15) is 8.78 Å². The Labute approximate surface area is 154 Å². The van der Waals surface area contributed by atoms with E-state index in [1.807, 2.05) is 32.0 Å². The second-order valence-corrected chi connectivity index (χ2v) is 6.03. The number of amides is 1. The zero-order valence-corrected chi connectivity index (χ0v) is 15.0. The second kappa shape index (κ2) is 7.53. The number of carbonyl (C=O) groups is 1. The van der Waals surface area contributed by atoms with Crippen molar-refractivity contribution >= 4 is 11.6 Å². The molecule has 0 atom stereocenters. The van der Waals surface area contributed by atoms with E-state index in [0.29, 0.717) is 11.4 Å². The number of aromatic nitrogens is 3. The number of aryl methyl sites for hydroxylation is 2. The van der Waals surface area contributed by atoms with E-state index in [1.165, 1.54) is 16.8 Å². The van der Waals surface area contributed by atoms with Crippen LogP contribution in [0.15, 0.2) is 42.5 Å². The molecule has 0 aliphatic rings. The van der Waals surface area contributed by atoms with Crippen molar-refractivity contribution in [1.29, 1.82) is 0 Å². The fourth-order valence-electron chi connectivity index (χ4n) is 2.74. The summed E-state index contributed by atoms with van der Waals surface area (Å²) in [7, 11) is 0. The third-order valence-corrected chi connectivity index (χ3v) is 4.14. The van der Waals surface area contributed by atoms with Crippen LogP contribution in [0.25, 0.3) is 5.69 Å². The van der Waals surface area contributed by atoms with Gasteiger partial charge in [-0.05, 0) is 56.2 Å². The van der Waals surface area contributed by atoms with Crippen molar-refractivity contribution in [2.24, 2.45) is 0 Å². The lowest BCUT2D eigenvalue weighted by molar-refractivity contribution is -0.0498. The molecule has 0 spiro atoms. The first-order valence-corrected chi connectivity index (χ1v) is 8.22. The number of hydrogen-bond acceptors (Lipinski definition) is 4. The molecule has 0 fully saturated rings. The van der Waals surface area contributed by atoms with Crippen molar-refractivity contribution < 1.29 is 18.3 Å². The molecule has 27 heavy (non-hydrogen) atoms. The summed E-state index contributed by atoms with van der Waals surface area (Å²) in [4.78, 5) is 12.6. The molecular formula is C19H18F2N4O2. The molecule has 1 amide bonds. The number of para-hydroxylation sites is 1. The van der Waals surface area contributed by atoms with E-state index in [4.69, 9.17) is 0 Å². The van der Waals surface area contributed by atoms with E-state index in [-0.39, 0.29) is 17.4 Å². The first-order chi connectivity index (χ1) is 12.9. The summed E-state index contributed by atoms with van der Waals surface area (Å²) in [5, 5.41) is 10.8. The summed E-state index contributed by atoms with van der Waals surface area (Å²) in [6.45, 7) is 2.65. The molecule has 3 aromatic rings. The molecule has 0 radical (unpaired) electrons. The number of nitrogens with one attached hydrogen (secondary N) is 1. The van der Waals surface area contributed by atoms with Gasteiger partial charge >= 0.3 is 6.61 Å². The van der Waals surface area contributed by atoms with Gasteiger partial charge in [0.2, 0.25) is 0 Å². The molecule has 0 saturated carbocycles. The van der Waals surface area contributed by atoms with Crippen LogP contribution in [-0.4, -0.2) is 27.5 Å². The number of benzene rings is 2. The average Bonchev–Trinajstić information content (AvgIpc) is 3.00. The van der Waals surface area contributed by atoms with Gasteiger partial charge in [-0.3, -0.25) is 4.79 Å². The maximum atomic E-state index is 12.6. The molecule has 0 aliphatic carbocycles. The van der Waals surface area contributed by atoms with Crippen LogP contribution in [0, 0.1) is 20.8 Å². The summed E-state index contributed by atoms with van der Waals surface area (Å²) >= 11 is 0. The van der Waals surface area contributed by atoms with Crippen molar-refractivity contribution in [3.8, 4) is 11.4 Å². The van der Waals surface area contributed by atoms with Crippen LogP contribution in [0.1, 0.15) is 27.3 Å². The van der Waals surface area contributed by atoms with Crippen molar-refractivity contribution in [3.05, 3.63) is 65.0 Å². The Kier molecular flexibility index (Phi) is 5.16.